The number of aldehydes is 1. The molecule has 10 heavy (non-hydrogen) atoms. The second-order valence-corrected chi connectivity index (χ2v) is 1.67. The second kappa shape index (κ2) is 8.33. The Bertz CT molecular complexity index is 99.0. The van der Waals surface area contributed by atoms with Gasteiger partial charge in [0.25, 0.3) is 0 Å². The minimum Gasteiger partial charge on any atom is -0.359 e. The fraction of sp³-hybridized carbons (Fsp3) is 0.571. The summed E-state index contributed by atoms with van der Waals surface area (Å²) in [6, 6.07) is 0. The van der Waals surface area contributed by atoms with Gasteiger partial charge in [-0.1, -0.05) is 6.08 Å². The van der Waals surface area contributed by atoms with Crippen molar-refractivity contribution in [2.45, 2.75) is 6.42 Å². The summed E-state index contributed by atoms with van der Waals surface area (Å²) in [5.74, 6) is 0. The Kier molecular flexibility index (Phi) is 7.77. The van der Waals surface area contributed by atoms with Gasteiger partial charge in [-0.15, -0.1) is 0 Å². The van der Waals surface area contributed by atoms with Gasteiger partial charge in [0.1, 0.15) is 13.1 Å². The molecule has 0 N–H and O–H groups in total. The first-order chi connectivity index (χ1) is 4.91. The van der Waals surface area contributed by atoms with Gasteiger partial charge in [0.15, 0.2) is 0 Å². The first-order valence-corrected chi connectivity index (χ1v) is 3.08. The fourth-order valence-electron chi connectivity index (χ4n) is 0.445. The summed E-state index contributed by atoms with van der Waals surface area (Å²) in [7, 11) is 1.57. The van der Waals surface area contributed by atoms with Gasteiger partial charge in [-0.05, 0) is 12.5 Å². The van der Waals surface area contributed by atoms with Gasteiger partial charge in [0.05, 0.1) is 6.61 Å². The van der Waals surface area contributed by atoms with Crippen LogP contribution in [0.1, 0.15) is 6.42 Å². The van der Waals surface area contributed by atoms with Gasteiger partial charge < -0.3 is 9.47 Å². The average molecular weight is 144 g/mol. The molecule has 0 aliphatic heterocycles. The van der Waals surface area contributed by atoms with E-state index >= 15 is 0 Å². The maximum absolute atomic E-state index is 9.74. The fourth-order valence-corrected chi connectivity index (χ4v) is 0.445. The Balaban J connectivity index is 2.90. The molecule has 0 aromatic carbocycles. The molecule has 0 heterocycles. The molecule has 0 fully saturated rings. The molecular weight excluding hydrogens is 132 g/mol. The Morgan fingerprint density at radius 3 is 2.90 bits per heavy atom. The van der Waals surface area contributed by atoms with Crippen molar-refractivity contribution < 1.29 is 14.3 Å². The quantitative estimate of drug-likeness (QED) is 0.239. The van der Waals surface area contributed by atoms with Crippen LogP contribution in [0.15, 0.2) is 12.2 Å². The summed E-state index contributed by atoms with van der Waals surface area (Å²) in [4.78, 5) is 9.74. The number of hydrogen-bond acceptors (Lipinski definition) is 3. The lowest BCUT2D eigenvalue weighted by Gasteiger charge is -1.97. The number of carbonyl (C=O) groups excluding carboxylic acids is 1. The minimum absolute atomic E-state index is 0.314. The van der Waals surface area contributed by atoms with Gasteiger partial charge >= 0.3 is 0 Å². The third kappa shape index (κ3) is 7.33. The normalized spacial score (nSPS) is 10.5. The minimum atomic E-state index is 0.314. The number of rotatable bonds is 6. The second-order valence-electron chi connectivity index (χ2n) is 1.67. The van der Waals surface area contributed by atoms with Crippen molar-refractivity contribution in [3.63, 3.8) is 0 Å². The van der Waals surface area contributed by atoms with Gasteiger partial charge in [-0.25, -0.2) is 0 Å². The zero-order valence-corrected chi connectivity index (χ0v) is 6.08. The molecule has 0 bridgehead atoms. The Labute approximate surface area is 60.6 Å². The van der Waals surface area contributed by atoms with E-state index in [1.54, 1.807) is 13.2 Å². The van der Waals surface area contributed by atoms with E-state index in [4.69, 9.17) is 4.74 Å². The average Bonchev–Trinajstić information content (AvgIpc) is 1.97. The first kappa shape index (κ1) is 9.33. The van der Waals surface area contributed by atoms with E-state index in [1.165, 1.54) is 6.08 Å². The smallest absolute Gasteiger partial charge is 0.146 e. The van der Waals surface area contributed by atoms with Crippen molar-refractivity contribution in [2.24, 2.45) is 0 Å². The first-order valence-electron chi connectivity index (χ1n) is 3.08. The van der Waals surface area contributed by atoms with Crippen LogP contribution in [0, 0.1) is 0 Å². The van der Waals surface area contributed by atoms with E-state index in [-0.39, 0.29) is 0 Å². The third-order valence-corrected chi connectivity index (χ3v) is 0.845. The van der Waals surface area contributed by atoms with Crippen LogP contribution in [0.2, 0.25) is 0 Å². The number of carbonyl (C=O) groups is 1. The predicted octanol–water partition coefficient (Wildman–Crippen LogP) is 0.752. The Hall–Kier alpha value is -0.670. The van der Waals surface area contributed by atoms with E-state index in [0.29, 0.717) is 13.4 Å². The maximum Gasteiger partial charge on any atom is 0.146 e. The Morgan fingerprint density at radius 1 is 1.50 bits per heavy atom. The highest BCUT2D eigenvalue weighted by Gasteiger charge is 1.80. The third-order valence-electron chi connectivity index (χ3n) is 0.845. The number of methoxy groups -OCH3 is 1. The monoisotopic (exact) mass is 144 g/mol. The van der Waals surface area contributed by atoms with Gasteiger partial charge in [-0.2, -0.15) is 0 Å². The standard InChI is InChI=1S/C7H12O3/c1-9-7-10-6-4-2-3-5-8/h2-3,5H,4,6-7H2,1H3. The molecular formula is C7H12O3. The van der Waals surface area contributed by atoms with Crippen LogP contribution in [-0.2, 0) is 14.3 Å². The molecule has 0 amide bonds. The summed E-state index contributed by atoms with van der Waals surface area (Å²) >= 11 is 0. The Morgan fingerprint density at radius 2 is 2.30 bits per heavy atom. The number of allylic oxidation sites excluding steroid dienone is 1. The molecule has 3 nitrogen and oxygen atoms in total. The van der Waals surface area contributed by atoms with Crippen LogP contribution in [0.4, 0.5) is 0 Å². The zero-order chi connectivity index (χ0) is 7.66. The number of ether oxygens (including phenoxy) is 2. The molecule has 0 radical (unpaired) electrons. The van der Waals surface area contributed by atoms with Gasteiger partial charge in [0, 0.05) is 7.11 Å². The maximum atomic E-state index is 9.74. The van der Waals surface area contributed by atoms with Crippen LogP contribution in [0.5, 0.6) is 0 Å². The van der Waals surface area contributed by atoms with Gasteiger partial charge in [-0.3, -0.25) is 4.79 Å². The van der Waals surface area contributed by atoms with Crippen molar-refractivity contribution >= 4 is 6.29 Å². The van der Waals surface area contributed by atoms with E-state index in [9.17, 15) is 4.79 Å². The van der Waals surface area contributed by atoms with Crippen molar-refractivity contribution in [3.8, 4) is 0 Å². The largest absolute Gasteiger partial charge is 0.359 e. The summed E-state index contributed by atoms with van der Waals surface area (Å²) in [6.45, 7) is 0.910. The molecule has 58 valence electrons. The molecule has 0 aromatic rings. The van der Waals surface area contributed by atoms with Crippen LogP contribution in [-0.4, -0.2) is 26.8 Å². The SMILES string of the molecule is COCOCCC=CC=O. The van der Waals surface area contributed by atoms with E-state index in [2.05, 4.69) is 4.74 Å². The van der Waals surface area contributed by atoms with Crippen molar-refractivity contribution in [3.05, 3.63) is 12.2 Å². The van der Waals surface area contributed by atoms with Gasteiger partial charge in [0.2, 0.25) is 0 Å². The highest BCUT2D eigenvalue weighted by molar-refractivity contribution is 5.64. The summed E-state index contributed by atoms with van der Waals surface area (Å²) in [5, 5.41) is 0. The lowest BCUT2D eigenvalue weighted by Crippen LogP contribution is -1.96. The van der Waals surface area contributed by atoms with E-state index in [1.807, 2.05) is 0 Å². The molecule has 0 unspecified atom stereocenters. The number of hydrogen-bond donors (Lipinski definition) is 0. The molecule has 0 aliphatic rings. The summed E-state index contributed by atoms with van der Waals surface area (Å²) < 4.78 is 9.57. The molecule has 0 saturated heterocycles. The van der Waals surface area contributed by atoms with E-state index in [0.717, 1.165) is 12.7 Å². The molecule has 0 spiro atoms. The molecule has 3 heteroatoms. The molecule has 0 aliphatic carbocycles. The van der Waals surface area contributed by atoms with Crippen LogP contribution < -0.4 is 0 Å². The lowest BCUT2D eigenvalue weighted by molar-refractivity contribution is -0.104. The van der Waals surface area contributed by atoms with Crippen molar-refractivity contribution in [1.82, 2.24) is 0 Å². The van der Waals surface area contributed by atoms with Crippen LogP contribution in [0.25, 0.3) is 0 Å². The topological polar surface area (TPSA) is 35.5 Å². The van der Waals surface area contributed by atoms with Crippen LogP contribution >= 0.6 is 0 Å². The van der Waals surface area contributed by atoms with Crippen LogP contribution in [0.3, 0.4) is 0 Å². The zero-order valence-electron chi connectivity index (χ0n) is 6.08. The summed E-state index contributed by atoms with van der Waals surface area (Å²) in [5.41, 5.74) is 0. The lowest BCUT2D eigenvalue weighted by atomic mass is 10.4. The molecule has 0 aromatic heterocycles. The highest BCUT2D eigenvalue weighted by Crippen LogP contribution is 1.83. The summed E-state index contributed by atoms with van der Waals surface area (Å²) in [6.07, 6.45) is 4.71. The predicted molar refractivity (Wildman–Crippen MR) is 37.6 cm³/mol. The van der Waals surface area contributed by atoms with E-state index < -0.39 is 0 Å². The highest BCUT2D eigenvalue weighted by atomic mass is 16.7. The molecule has 0 rings (SSSR count). The van der Waals surface area contributed by atoms with Crippen molar-refractivity contribution in [2.75, 3.05) is 20.5 Å². The molecule has 0 saturated carbocycles. The molecule has 0 atom stereocenters. The van der Waals surface area contributed by atoms with Crippen molar-refractivity contribution in [1.29, 1.82) is 0 Å².